The van der Waals surface area contributed by atoms with Crippen molar-refractivity contribution in [1.82, 2.24) is 4.90 Å². The number of nitrogens with zero attached hydrogens (tertiary/aromatic N) is 1. The van der Waals surface area contributed by atoms with E-state index in [-0.39, 0.29) is 0 Å². The minimum atomic E-state index is -0.622. The largest absolute Gasteiger partial charge is 0.481 e. The number of carboxylic acids is 1. The first-order valence-corrected chi connectivity index (χ1v) is 7.49. The molecule has 0 bridgehead atoms. The van der Waals surface area contributed by atoms with Crippen molar-refractivity contribution >= 4 is 5.97 Å². The van der Waals surface area contributed by atoms with Gasteiger partial charge in [-0.25, -0.2) is 0 Å². The Balaban J connectivity index is 2.09. The molecule has 1 N–H and O–H groups in total. The number of rotatable bonds is 5. The Hall–Kier alpha value is -1.35. The number of likely N-dealkylation sites (tertiary alicyclic amines) is 1. The second kappa shape index (κ2) is 5.96. The molecule has 1 fully saturated rings. The van der Waals surface area contributed by atoms with Crippen molar-refractivity contribution in [3.8, 4) is 0 Å². The fraction of sp³-hybridized carbons (Fsp3) is 0.588. The second-order valence-corrected chi connectivity index (χ2v) is 6.23. The van der Waals surface area contributed by atoms with Crippen molar-refractivity contribution in [1.29, 1.82) is 0 Å². The van der Waals surface area contributed by atoms with Gasteiger partial charge in [0.05, 0.1) is 5.41 Å². The van der Waals surface area contributed by atoms with Crippen molar-refractivity contribution < 1.29 is 9.90 Å². The molecule has 20 heavy (non-hydrogen) atoms. The van der Waals surface area contributed by atoms with Crippen LogP contribution in [0, 0.1) is 19.3 Å². The molecule has 1 aromatic carbocycles. The van der Waals surface area contributed by atoms with Crippen molar-refractivity contribution in [2.45, 2.75) is 46.6 Å². The minimum absolute atomic E-state index is 0.521. The lowest BCUT2D eigenvalue weighted by Crippen LogP contribution is -2.34. The van der Waals surface area contributed by atoms with E-state index in [1.807, 2.05) is 0 Å². The molecule has 1 aliphatic heterocycles. The smallest absolute Gasteiger partial charge is 0.310 e. The molecule has 0 spiro atoms. The maximum absolute atomic E-state index is 11.6. The quantitative estimate of drug-likeness (QED) is 0.895. The van der Waals surface area contributed by atoms with Gasteiger partial charge in [0, 0.05) is 13.1 Å². The van der Waals surface area contributed by atoms with Gasteiger partial charge in [-0.05, 0) is 44.4 Å². The van der Waals surface area contributed by atoms with Crippen LogP contribution in [-0.4, -0.2) is 29.1 Å². The third-order valence-electron chi connectivity index (χ3n) is 4.51. The van der Waals surface area contributed by atoms with E-state index in [1.165, 1.54) is 16.7 Å². The van der Waals surface area contributed by atoms with Crippen LogP contribution in [0.1, 0.15) is 42.9 Å². The van der Waals surface area contributed by atoms with Crippen molar-refractivity contribution in [3.63, 3.8) is 0 Å². The molecule has 1 unspecified atom stereocenters. The summed E-state index contributed by atoms with van der Waals surface area (Å²) in [4.78, 5) is 13.9. The summed E-state index contributed by atoms with van der Waals surface area (Å²) in [6.07, 6.45) is 2.50. The Kier molecular flexibility index (Phi) is 4.48. The maximum atomic E-state index is 11.6. The molecule has 0 aromatic heterocycles. The van der Waals surface area contributed by atoms with Crippen LogP contribution < -0.4 is 0 Å². The van der Waals surface area contributed by atoms with Crippen molar-refractivity contribution in [3.05, 3.63) is 34.9 Å². The molecule has 2 rings (SSSR count). The molecular weight excluding hydrogens is 250 g/mol. The van der Waals surface area contributed by atoms with Crippen LogP contribution >= 0.6 is 0 Å². The van der Waals surface area contributed by atoms with Gasteiger partial charge in [-0.1, -0.05) is 37.1 Å². The Morgan fingerprint density at radius 2 is 2.15 bits per heavy atom. The molecule has 1 aliphatic rings. The molecular formula is C17H25NO2. The average Bonchev–Trinajstić information content (AvgIpc) is 2.79. The van der Waals surface area contributed by atoms with Gasteiger partial charge in [-0.2, -0.15) is 0 Å². The molecule has 3 heteroatoms. The SMILES string of the molecule is CCCC1(C(=O)O)CCN(Cc2cc(C)ccc2C)C1. The third kappa shape index (κ3) is 3.04. The van der Waals surface area contributed by atoms with E-state index in [2.05, 4.69) is 43.9 Å². The number of carbonyl (C=O) groups is 1. The van der Waals surface area contributed by atoms with E-state index in [4.69, 9.17) is 0 Å². The number of benzene rings is 1. The van der Waals surface area contributed by atoms with E-state index < -0.39 is 11.4 Å². The van der Waals surface area contributed by atoms with Gasteiger partial charge in [-0.15, -0.1) is 0 Å². The molecule has 1 heterocycles. The summed E-state index contributed by atoms with van der Waals surface area (Å²) in [6, 6.07) is 6.49. The third-order valence-corrected chi connectivity index (χ3v) is 4.51. The molecule has 0 saturated carbocycles. The van der Waals surface area contributed by atoms with Crippen LogP contribution in [0.3, 0.4) is 0 Å². The van der Waals surface area contributed by atoms with Gasteiger partial charge in [0.2, 0.25) is 0 Å². The number of hydrogen-bond acceptors (Lipinski definition) is 2. The maximum Gasteiger partial charge on any atom is 0.310 e. The first-order chi connectivity index (χ1) is 9.47. The first kappa shape index (κ1) is 15.0. The zero-order chi connectivity index (χ0) is 14.8. The van der Waals surface area contributed by atoms with Crippen LogP contribution in [0.25, 0.3) is 0 Å². The lowest BCUT2D eigenvalue weighted by atomic mass is 9.83. The van der Waals surface area contributed by atoms with Crippen LogP contribution in [0.5, 0.6) is 0 Å². The highest BCUT2D eigenvalue weighted by Crippen LogP contribution is 2.36. The van der Waals surface area contributed by atoms with E-state index in [1.54, 1.807) is 0 Å². The van der Waals surface area contributed by atoms with Crippen LogP contribution in [0.2, 0.25) is 0 Å². The molecule has 1 aromatic rings. The van der Waals surface area contributed by atoms with Gasteiger partial charge in [0.1, 0.15) is 0 Å². The average molecular weight is 275 g/mol. The summed E-state index contributed by atoms with van der Waals surface area (Å²) in [5, 5.41) is 9.55. The molecule has 1 atom stereocenters. The lowest BCUT2D eigenvalue weighted by Gasteiger charge is -2.24. The topological polar surface area (TPSA) is 40.5 Å². The van der Waals surface area contributed by atoms with Gasteiger partial charge < -0.3 is 5.11 Å². The van der Waals surface area contributed by atoms with Gasteiger partial charge in [-0.3, -0.25) is 9.69 Å². The normalized spacial score (nSPS) is 23.1. The Labute approximate surface area is 121 Å². The standard InChI is InChI=1S/C17H25NO2/c1-4-7-17(16(19)20)8-9-18(12-17)11-15-10-13(2)5-6-14(15)3/h5-6,10H,4,7-9,11-12H2,1-3H3,(H,19,20). The summed E-state index contributed by atoms with van der Waals surface area (Å²) < 4.78 is 0. The Morgan fingerprint density at radius 1 is 1.40 bits per heavy atom. The zero-order valence-corrected chi connectivity index (χ0v) is 12.8. The van der Waals surface area contributed by atoms with Crippen molar-refractivity contribution in [2.75, 3.05) is 13.1 Å². The zero-order valence-electron chi connectivity index (χ0n) is 12.8. The van der Waals surface area contributed by atoms with E-state index in [0.717, 1.165) is 32.4 Å². The van der Waals surface area contributed by atoms with Gasteiger partial charge in [0.25, 0.3) is 0 Å². The van der Waals surface area contributed by atoms with E-state index in [9.17, 15) is 9.90 Å². The van der Waals surface area contributed by atoms with E-state index >= 15 is 0 Å². The van der Waals surface area contributed by atoms with Crippen LogP contribution in [0.4, 0.5) is 0 Å². The highest BCUT2D eigenvalue weighted by Gasteiger charge is 2.43. The Bertz CT molecular complexity index is 498. The highest BCUT2D eigenvalue weighted by atomic mass is 16.4. The highest BCUT2D eigenvalue weighted by molar-refractivity contribution is 5.75. The fourth-order valence-electron chi connectivity index (χ4n) is 3.27. The minimum Gasteiger partial charge on any atom is -0.481 e. The summed E-state index contributed by atoms with van der Waals surface area (Å²) in [7, 11) is 0. The summed E-state index contributed by atoms with van der Waals surface area (Å²) in [5.41, 5.74) is 3.36. The molecule has 110 valence electrons. The summed E-state index contributed by atoms with van der Waals surface area (Å²) in [6.45, 7) is 8.74. The first-order valence-electron chi connectivity index (χ1n) is 7.49. The number of aryl methyl sites for hydroxylation is 2. The molecule has 1 saturated heterocycles. The summed E-state index contributed by atoms with van der Waals surface area (Å²) >= 11 is 0. The summed E-state index contributed by atoms with van der Waals surface area (Å²) in [5.74, 6) is -0.622. The molecule has 0 amide bonds. The van der Waals surface area contributed by atoms with E-state index in [0.29, 0.717) is 6.54 Å². The molecule has 0 aliphatic carbocycles. The molecule has 3 nitrogen and oxygen atoms in total. The van der Waals surface area contributed by atoms with Crippen molar-refractivity contribution in [2.24, 2.45) is 5.41 Å². The predicted molar refractivity (Wildman–Crippen MR) is 80.8 cm³/mol. The monoisotopic (exact) mass is 275 g/mol. The van der Waals surface area contributed by atoms with Crippen LogP contribution in [-0.2, 0) is 11.3 Å². The molecule has 0 radical (unpaired) electrons. The fourth-order valence-corrected chi connectivity index (χ4v) is 3.27. The van der Waals surface area contributed by atoms with Gasteiger partial charge in [0.15, 0.2) is 0 Å². The predicted octanol–water partition coefficient (Wildman–Crippen LogP) is 3.38. The second-order valence-electron chi connectivity index (χ2n) is 6.23. The number of aliphatic carboxylic acids is 1. The van der Waals surface area contributed by atoms with Crippen LogP contribution in [0.15, 0.2) is 18.2 Å². The lowest BCUT2D eigenvalue weighted by molar-refractivity contribution is -0.148. The number of hydrogen-bond donors (Lipinski definition) is 1. The number of carboxylic acid groups (broad SMARTS) is 1. The van der Waals surface area contributed by atoms with Gasteiger partial charge >= 0.3 is 5.97 Å². The Morgan fingerprint density at radius 3 is 2.80 bits per heavy atom.